The number of hydrogen-bond acceptors (Lipinski definition) is 4. The molecule has 1 N–H and O–H groups in total. The average Bonchev–Trinajstić information content (AvgIpc) is 3.38. The normalized spacial score (nSPS) is 17.2. The molecule has 2 aromatic carbocycles. The molecule has 0 aliphatic carbocycles. The number of carbonyl (C=O) groups is 1. The number of nitrogens with one attached hydrogen (secondary N) is 1. The number of para-hydroxylation sites is 1. The third-order valence-corrected chi connectivity index (χ3v) is 5.04. The van der Waals surface area contributed by atoms with Crippen molar-refractivity contribution in [3.05, 3.63) is 77.6 Å². The van der Waals surface area contributed by atoms with Gasteiger partial charge in [-0.05, 0) is 24.1 Å². The molecule has 156 valence electrons. The lowest BCUT2D eigenvalue weighted by atomic mass is 10.1. The Morgan fingerprint density at radius 2 is 1.83 bits per heavy atom. The van der Waals surface area contributed by atoms with Crippen molar-refractivity contribution < 1.29 is 18.0 Å². The Hall–Kier alpha value is -3.20. The second-order valence-corrected chi connectivity index (χ2v) is 7.24. The second-order valence-electron chi connectivity index (χ2n) is 7.24. The van der Waals surface area contributed by atoms with E-state index < -0.39 is 17.6 Å². The highest BCUT2D eigenvalue weighted by Crippen LogP contribution is 2.33. The summed E-state index contributed by atoms with van der Waals surface area (Å²) >= 11 is 0. The van der Waals surface area contributed by atoms with Crippen LogP contribution in [0.25, 0.3) is 5.69 Å². The second kappa shape index (κ2) is 8.27. The van der Waals surface area contributed by atoms with Crippen LogP contribution in [-0.2, 0) is 12.7 Å². The molecular formula is C21H20F3N5O. The van der Waals surface area contributed by atoms with Gasteiger partial charge in [-0.25, -0.2) is 4.68 Å². The zero-order valence-corrected chi connectivity index (χ0v) is 16.0. The molecule has 1 aromatic heterocycles. The van der Waals surface area contributed by atoms with E-state index in [0.717, 1.165) is 30.3 Å². The molecule has 1 aliphatic rings. The molecule has 1 aliphatic heterocycles. The van der Waals surface area contributed by atoms with Gasteiger partial charge in [-0.1, -0.05) is 47.7 Å². The summed E-state index contributed by atoms with van der Waals surface area (Å²) in [4.78, 5) is 14.8. The first-order chi connectivity index (χ1) is 14.4. The van der Waals surface area contributed by atoms with Gasteiger partial charge in [0.2, 0.25) is 0 Å². The number of nitrogens with zero attached hydrogens (tertiary/aromatic N) is 4. The van der Waals surface area contributed by atoms with Gasteiger partial charge in [-0.2, -0.15) is 13.2 Å². The first-order valence-corrected chi connectivity index (χ1v) is 9.56. The Labute approximate surface area is 171 Å². The van der Waals surface area contributed by atoms with Crippen molar-refractivity contribution in [1.82, 2.24) is 25.2 Å². The van der Waals surface area contributed by atoms with Gasteiger partial charge in [0, 0.05) is 25.7 Å². The highest BCUT2D eigenvalue weighted by molar-refractivity contribution is 5.92. The van der Waals surface area contributed by atoms with Gasteiger partial charge in [0.05, 0.1) is 17.4 Å². The van der Waals surface area contributed by atoms with Crippen LogP contribution in [0.2, 0.25) is 0 Å². The average molecular weight is 415 g/mol. The van der Waals surface area contributed by atoms with Crippen LogP contribution in [0.3, 0.4) is 0 Å². The van der Waals surface area contributed by atoms with Gasteiger partial charge in [0.1, 0.15) is 0 Å². The Balaban J connectivity index is 1.40. The zero-order valence-electron chi connectivity index (χ0n) is 16.0. The molecule has 1 amide bonds. The summed E-state index contributed by atoms with van der Waals surface area (Å²) in [6, 6.07) is 15.1. The molecule has 6 nitrogen and oxygen atoms in total. The number of rotatable bonds is 5. The third-order valence-electron chi connectivity index (χ3n) is 5.04. The van der Waals surface area contributed by atoms with Crippen LogP contribution < -0.4 is 5.32 Å². The van der Waals surface area contributed by atoms with Crippen LogP contribution in [-0.4, -0.2) is 44.9 Å². The van der Waals surface area contributed by atoms with E-state index in [0.29, 0.717) is 6.54 Å². The molecule has 1 fully saturated rings. The van der Waals surface area contributed by atoms with Crippen LogP contribution >= 0.6 is 0 Å². The van der Waals surface area contributed by atoms with E-state index in [1.807, 2.05) is 18.2 Å². The zero-order chi connectivity index (χ0) is 21.1. The Morgan fingerprint density at radius 1 is 1.10 bits per heavy atom. The van der Waals surface area contributed by atoms with Crippen LogP contribution in [0.5, 0.6) is 0 Å². The van der Waals surface area contributed by atoms with Crippen molar-refractivity contribution >= 4 is 5.91 Å². The molecule has 2 heterocycles. The Kier molecular flexibility index (Phi) is 5.54. The highest BCUT2D eigenvalue weighted by atomic mass is 19.4. The topological polar surface area (TPSA) is 63.1 Å². The summed E-state index contributed by atoms with van der Waals surface area (Å²) in [5.74, 6) is -0.447. The molecule has 0 spiro atoms. The van der Waals surface area contributed by atoms with Gasteiger partial charge in [0.25, 0.3) is 5.91 Å². The molecule has 1 atom stereocenters. The fraction of sp³-hybridized carbons (Fsp3) is 0.286. The molecular weight excluding hydrogens is 395 g/mol. The minimum Gasteiger partial charge on any atom is -0.347 e. The van der Waals surface area contributed by atoms with E-state index in [4.69, 9.17) is 0 Å². The first kappa shape index (κ1) is 20.1. The van der Waals surface area contributed by atoms with E-state index in [2.05, 4.69) is 32.7 Å². The lowest BCUT2D eigenvalue weighted by Gasteiger charge is -2.16. The summed E-state index contributed by atoms with van der Waals surface area (Å²) in [6.07, 6.45) is -2.52. The molecule has 0 radical (unpaired) electrons. The number of benzene rings is 2. The van der Waals surface area contributed by atoms with E-state index in [1.54, 1.807) is 0 Å². The standard InChI is InChI=1S/C21H20F3N5O/c22-21(23,24)17-8-4-5-9-19(17)29-14-18(26-27-29)20(30)25-16-10-11-28(13-16)12-15-6-2-1-3-7-15/h1-9,14,16H,10-13H2,(H,25,30)/t16-/m1/s1. The number of carbonyl (C=O) groups excluding carboxylic acids is 1. The largest absolute Gasteiger partial charge is 0.418 e. The van der Waals surface area contributed by atoms with Crippen molar-refractivity contribution in [3.63, 3.8) is 0 Å². The van der Waals surface area contributed by atoms with Gasteiger partial charge < -0.3 is 5.32 Å². The molecule has 0 unspecified atom stereocenters. The molecule has 0 saturated carbocycles. The fourth-order valence-electron chi connectivity index (χ4n) is 3.59. The number of likely N-dealkylation sites (tertiary alicyclic amines) is 1. The van der Waals surface area contributed by atoms with E-state index in [1.165, 1.54) is 30.0 Å². The Bertz CT molecular complexity index is 1020. The minimum absolute atomic E-state index is 0.0199. The van der Waals surface area contributed by atoms with Gasteiger partial charge in [-0.15, -0.1) is 5.10 Å². The maximum Gasteiger partial charge on any atom is 0.418 e. The lowest BCUT2D eigenvalue weighted by Crippen LogP contribution is -2.37. The van der Waals surface area contributed by atoms with E-state index in [9.17, 15) is 18.0 Å². The van der Waals surface area contributed by atoms with Crippen LogP contribution in [0.1, 0.15) is 28.0 Å². The van der Waals surface area contributed by atoms with E-state index in [-0.39, 0.29) is 17.4 Å². The molecule has 9 heteroatoms. The van der Waals surface area contributed by atoms with Crippen molar-refractivity contribution in [2.45, 2.75) is 25.2 Å². The van der Waals surface area contributed by atoms with Crippen LogP contribution in [0.15, 0.2) is 60.8 Å². The summed E-state index contributed by atoms with van der Waals surface area (Å²) < 4.78 is 40.6. The number of alkyl halides is 3. The maximum absolute atomic E-state index is 13.2. The SMILES string of the molecule is O=C(N[C@@H]1CCN(Cc2ccccc2)C1)c1cn(-c2ccccc2C(F)(F)F)nn1. The number of amides is 1. The monoisotopic (exact) mass is 415 g/mol. The maximum atomic E-state index is 13.2. The van der Waals surface area contributed by atoms with Gasteiger partial charge >= 0.3 is 6.18 Å². The van der Waals surface area contributed by atoms with Crippen molar-refractivity contribution in [2.24, 2.45) is 0 Å². The Morgan fingerprint density at radius 3 is 2.60 bits per heavy atom. The van der Waals surface area contributed by atoms with Crippen molar-refractivity contribution in [2.75, 3.05) is 13.1 Å². The van der Waals surface area contributed by atoms with E-state index >= 15 is 0 Å². The smallest absolute Gasteiger partial charge is 0.347 e. The van der Waals surface area contributed by atoms with Crippen LogP contribution in [0, 0.1) is 0 Å². The lowest BCUT2D eigenvalue weighted by molar-refractivity contribution is -0.137. The quantitative estimate of drug-likeness (QED) is 0.695. The number of hydrogen-bond donors (Lipinski definition) is 1. The minimum atomic E-state index is -4.53. The summed E-state index contributed by atoms with van der Waals surface area (Å²) in [7, 11) is 0. The molecule has 30 heavy (non-hydrogen) atoms. The number of aromatic nitrogens is 3. The van der Waals surface area contributed by atoms with Crippen LogP contribution in [0.4, 0.5) is 13.2 Å². The number of halogens is 3. The summed E-state index contributed by atoms with van der Waals surface area (Å²) in [6.45, 7) is 2.36. The first-order valence-electron chi connectivity index (χ1n) is 9.56. The summed E-state index contributed by atoms with van der Waals surface area (Å²) in [5.41, 5.74) is 0.171. The molecule has 1 saturated heterocycles. The molecule has 4 rings (SSSR count). The van der Waals surface area contributed by atoms with Crippen molar-refractivity contribution in [1.29, 1.82) is 0 Å². The third kappa shape index (κ3) is 4.51. The highest BCUT2D eigenvalue weighted by Gasteiger charge is 2.34. The van der Waals surface area contributed by atoms with Gasteiger partial charge in [-0.3, -0.25) is 9.69 Å². The predicted octanol–water partition coefficient (Wildman–Crippen LogP) is 3.29. The molecule has 3 aromatic rings. The van der Waals surface area contributed by atoms with Crippen molar-refractivity contribution in [3.8, 4) is 5.69 Å². The van der Waals surface area contributed by atoms with Gasteiger partial charge in [0.15, 0.2) is 5.69 Å². The predicted molar refractivity (Wildman–Crippen MR) is 104 cm³/mol. The summed E-state index contributed by atoms with van der Waals surface area (Å²) in [5, 5.41) is 10.4. The molecule has 0 bridgehead atoms. The fourth-order valence-corrected chi connectivity index (χ4v) is 3.59.